The standard InChI is InChI=1S/C25H34N4O5/c1-16(2)13-19(17-9-7-6-8-10-17)29(12-11-27-24(29)33)21(22(30)31)20(18-14-26-15-28-18)23(32)34-25(3,4)5/h6-10,14-16,19-21H,11-13H2,1-5H3,(H2-,26,27,28,30,31,33)/p+1/t19-,20?,21-,29?/m0/s1. The second-order valence-electron chi connectivity index (χ2n) is 10.2. The number of carboxylic acids is 1. The van der Waals surface area contributed by atoms with Crippen molar-refractivity contribution >= 4 is 18.0 Å². The molecular formula is C25H35N4O5+. The van der Waals surface area contributed by atoms with Crippen molar-refractivity contribution in [2.24, 2.45) is 5.92 Å². The van der Waals surface area contributed by atoms with E-state index < -0.39 is 46.1 Å². The van der Waals surface area contributed by atoms with Gasteiger partial charge in [0.1, 0.15) is 18.2 Å². The Kier molecular flexibility index (Phi) is 7.45. The second-order valence-corrected chi connectivity index (χ2v) is 10.2. The lowest BCUT2D eigenvalue weighted by molar-refractivity contribution is -0.891. The van der Waals surface area contributed by atoms with Crippen LogP contribution in [0.5, 0.6) is 0 Å². The topological polar surface area (TPSA) is 121 Å². The van der Waals surface area contributed by atoms with Gasteiger partial charge in [0, 0.05) is 18.2 Å². The number of aliphatic carboxylic acids is 1. The summed E-state index contributed by atoms with van der Waals surface area (Å²) < 4.78 is 5.24. The van der Waals surface area contributed by atoms with Gasteiger partial charge in [0.05, 0.1) is 18.6 Å². The second kappa shape index (κ2) is 9.97. The average Bonchev–Trinajstić information content (AvgIpc) is 3.39. The van der Waals surface area contributed by atoms with Crippen molar-refractivity contribution in [2.75, 3.05) is 13.1 Å². The predicted molar refractivity (Wildman–Crippen MR) is 126 cm³/mol. The first kappa shape index (κ1) is 25.4. The first-order valence-electron chi connectivity index (χ1n) is 11.6. The number of carbonyl (C=O) groups excluding carboxylic acids is 2. The monoisotopic (exact) mass is 471 g/mol. The summed E-state index contributed by atoms with van der Waals surface area (Å²) in [6, 6.07) is 7.15. The van der Waals surface area contributed by atoms with Crippen LogP contribution in [0.15, 0.2) is 42.9 Å². The van der Waals surface area contributed by atoms with Gasteiger partial charge < -0.3 is 14.8 Å². The number of nitrogens with one attached hydrogen (secondary N) is 2. The lowest BCUT2D eigenvalue weighted by Gasteiger charge is -2.44. The Morgan fingerprint density at radius 2 is 1.88 bits per heavy atom. The fraction of sp³-hybridized carbons (Fsp3) is 0.520. The van der Waals surface area contributed by atoms with E-state index in [1.54, 1.807) is 20.8 Å². The van der Waals surface area contributed by atoms with E-state index in [1.807, 2.05) is 44.2 Å². The summed E-state index contributed by atoms with van der Waals surface area (Å²) >= 11 is 0. The smallest absolute Gasteiger partial charge is 0.418 e. The number of carbonyl (C=O) groups is 3. The van der Waals surface area contributed by atoms with E-state index >= 15 is 0 Å². The molecular weight excluding hydrogens is 436 g/mol. The zero-order chi connectivity index (χ0) is 25.1. The molecule has 2 amide bonds. The van der Waals surface area contributed by atoms with E-state index in [2.05, 4.69) is 15.3 Å². The highest BCUT2D eigenvalue weighted by Gasteiger charge is 2.62. The van der Waals surface area contributed by atoms with Crippen LogP contribution < -0.4 is 5.32 Å². The number of aromatic nitrogens is 2. The van der Waals surface area contributed by atoms with Gasteiger partial charge in [-0.2, -0.15) is 0 Å². The highest BCUT2D eigenvalue weighted by Crippen LogP contribution is 2.43. The molecule has 0 spiro atoms. The van der Waals surface area contributed by atoms with Crippen LogP contribution in [0.3, 0.4) is 0 Å². The van der Waals surface area contributed by atoms with Crippen molar-refractivity contribution in [1.29, 1.82) is 0 Å². The molecule has 0 saturated carbocycles. The number of amides is 2. The van der Waals surface area contributed by atoms with Gasteiger partial charge in [0.25, 0.3) is 0 Å². The van der Waals surface area contributed by atoms with Crippen molar-refractivity contribution < 1.29 is 28.7 Å². The van der Waals surface area contributed by atoms with Gasteiger partial charge in [0.15, 0.2) is 5.92 Å². The Morgan fingerprint density at radius 1 is 1.21 bits per heavy atom. The summed E-state index contributed by atoms with van der Waals surface area (Å²) in [5.41, 5.74) is 0.315. The largest absolute Gasteiger partial charge is 0.477 e. The van der Waals surface area contributed by atoms with E-state index in [0.717, 1.165) is 5.56 Å². The number of hydrogen-bond donors (Lipinski definition) is 3. The molecule has 2 aromatic rings. The number of esters is 1. The molecule has 3 rings (SSSR count). The molecule has 0 aliphatic carbocycles. The van der Waals surface area contributed by atoms with Crippen LogP contribution in [-0.4, -0.2) is 62.3 Å². The lowest BCUT2D eigenvalue weighted by Crippen LogP contribution is -2.65. The van der Waals surface area contributed by atoms with Gasteiger partial charge >= 0.3 is 18.0 Å². The molecule has 1 aromatic heterocycles. The fourth-order valence-corrected chi connectivity index (χ4v) is 4.90. The van der Waals surface area contributed by atoms with Crippen LogP contribution in [0.1, 0.15) is 64.3 Å². The van der Waals surface area contributed by atoms with E-state index in [1.165, 1.54) is 12.5 Å². The first-order valence-corrected chi connectivity index (χ1v) is 11.6. The summed E-state index contributed by atoms with van der Waals surface area (Å²) in [6.07, 6.45) is 3.38. The predicted octanol–water partition coefficient (Wildman–Crippen LogP) is 3.62. The molecule has 4 atom stereocenters. The molecule has 3 N–H and O–H groups in total. The highest BCUT2D eigenvalue weighted by molar-refractivity contribution is 5.88. The van der Waals surface area contributed by atoms with Crippen molar-refractivity contribution in [3.63, 3.8) is 0 Å². The third kappa shape index (κ3) is 5.14. The minimum atomic E-state index is -1.43. The van der Waals surface area contributed by atoms with Gasteiger partial charge in [-0.15, -0.1) is 0 Å². The van der Waals surface area contributed by atoms with Gasteiger partial charge in [-0.1, -0.05) is 44.2 Å². The van der Waals surface area contributed by atoms with Gasteiger partial charge in [-0.05, 0) is 26.7 Å². The zero-order valence-corrected chi connectivity index (χ0v) is 20.4. The average molecular weight is 472 g/mol. The first-order chi connectivity index (χ1) is 16.0. The molecule has 1 aromatic carbocycles. The van der Waals surface area contributed by atoms with E-state index in [0.29, 0.717) is 18.7 Å². The van der Waals surface area contributed by atoms with E-state index in [9.17, 15) is 19.5 Å². The highest BCUT2D eigenvalue weighted by atomic mass is 16.6. The summed E-state index contributed by atoms with van der Waals surface area (Å²) in [5.74, 6) is -3.04. The number of nitrogens with zero attached hydrogens (tertiary/aromatic N) is 2. The lowest BCUT2D eigenvalue weighted by atomic mass is 9.86. The Bertz CT molecular complexity index is 1000. The van der Waals surface area contributed by atoms with Crippen LogP contribution >= 0.6 is 0 Å². The summed E-state index contributed by atoms with van der Waals surface area (Å²) in [6.45, 7) is 9.80. The number of imidazole rings is 1. The SMILES string of the molecule is CC(C)C[C@@H](c1ccccc1)[N+]1([C@H](C(=O)O)C(C(=O)OC(C)(C)C)c2cnc[nH]2)CCNC1=O. The number of quaternary nitrogens is 1. The van der Waals surface area contributed by atoms with Crippen LogP contribution in [0.2, 0.25) is 0 Å². The van der Waals surface area contributed by atoms with Gasteiger partial charge in [0.2, 0.25) is 6.04 Å². The van der Waals surface area contributed by atoms with Crippen LogP contribution in [0.25, 0.3) is 0 Å². The molecule has 9 nitrogen and oxygen atoms in total. The number of ether oxygens (including phenoxy) is 1. The zero-order valence-electron chi connectivity index (χ0n) is 20.4. The van der Waals surface area contributed by atoms with Gasteiger partial charge in [-0.3, -0.25) is 10.1 Å². The molecule has 0 radical (unpaired) electrons. The molecule has 0 bridgehead atoms. The van der Waals surface area contributed by atoms with Crippen LogP contribution in [-0.2, 0) is 14.3 Å². The maximum Gasteiger partial charge on any atom is 0.418 e. The molecule has 1 fully saturated rings. The molecule has 1 aliphatic heterocycles. The Balaban J connectivity index is 2.25. The van der Waals surface area contributed by atoms with Crippen molar-refractivity contribution in [3.8, 4) is 0 Å². The number of benzene rings is 1. The quantitative estimate of drug-likeness (QED) is 0.379. The van der Waals surface area contributed by atoms with Crippen molar-refractivity contribution in [1.82, 2.24) is 15.3 Å². The Morgan fingerprint density at radius 3 is 2.35 bits per heavy atom. The number of aromatic amines is 1. The Hall–Kier alpha value is -3.20. The molecule has 1 aliphatic rings. The number of rotatable bonds is 9. The molecule has 34 heavy (non-hydrogen) atoms. The molecule has 1 saturated heterocycles. The minimum absolute atomic E-state index is 0.176. The van der Waals surface area contributed by atoms with Crippen molar-refractivity contribution in [3.05, 3.63) is 54.1 Å². The third-order valence-corrected chi connectivity index (χ3v) is 6.15. The number of H-pyrrole nitrogens is 1. The molecule has 2 unspecified atom stereocenters. The minimum Gasteiger partial charge on any atom is -0.477 e. The number of urea groups is 1. The van der Waals surface area contributed by atoms with Crippen LogP contribution in [0.4, 0.5) is 4.79 Å². The van der Waals surface area contributed by atoms with E-state index in [-0.39, 0.29) is 12.5 Å². The normalized spacial score (nSPS) is 21.1. The summed E-state index contributed by atoms with van der Waals surface area (Å²) in [5, 5.41) is 13.5. The Labute approximate surface area is 200 Å². The third-order valence-electron chi connectivity index (χ3n) is 6.15. The molecule has 9 heteroatoms. The fourth-order valence-electron chi connectivity index (χ4n) is 4.90. The maximum absolute atomic E-state index is 13.6. The van der Waals surface area contributed by atoms with E-state index in [4.69, 9.17) is 4.74 Å². The molecule has 2 heterocycles. The van der Waals surface area contributed by atoms with Crippen molar-refractivity contribution in [2.45, 2.75) is 64.6 Å². The van der Waals surface area contributed by atoms with Gasteiger partial charge in [-0.25, -0.2) is 19.1 Å². The number of carboxylic acid groups (broad SMARTS) is 1. The molecule has 184 valence electrons. The maximum atomic E-state index is 13.6. The van der Waals surface area contributed by atoms with Crippen LogP contribution in [0, 0.1) is 5.92 Å². The number of hydrogen-bond acceptors (Lipinski definition) is 5. The summed E-state index contributed by atoms with van der Waals surface area (Å²) in [4.78, 5) is 47.1. The summed E-state index contributed by atoms with van der Waals surface area (Å²) in [7, 11) is 0.